The van der Waals surface area contributed by atoms with Gasteiger partial charge in [0, 0.05) is 22.3 Å². The van der Waals surface area contributed by atoms with Crippen molar-refractivity contribution < 1.29 is 9.59 Å². The number of benzene rings is 2. The number of carbonyl (C=O) groups is 2. The van der Waals surface area contributed by atoms with Crippen LogP contribution in [0.4, 0.5) is 11.4 Å². The molecule has 1 heterocycles. The largest absolute Gasteiger partial charge is 0.326 e. The lowest BCUT2D eigenvalue weighted by molar-refractivity contribution is -0.119. The Hall–Kier alpha value is -2.83. The van der Waals surface area contributed by atoms with Crippen molar-refractivity contribution in [3.8, 4) is 0 Å². The van der Waals surface area contributed by atoms with Gasteiger partial charge in [0.1, 0.15) is 6.04 Å². The van der Waals surface area contributed by atoms with Crippen molar-refractivity contribution in [2.45, 2.75) is 39.2 Å². The van der Waals surface area contributed by atoms with Gasteiger partial charge in [0.25, 0.3) is 0 Å². The maximum Gasteiger partial charge on any atom is 0.248 e. The highest BCUT2D eigenvalue weighted by atomic mass is 35.5. The summed E-state index contributed by atoms with van der Waals surface area (Å²) in [4.78, 5) is 25.3. The van der Waals surface area contributed by atoms with E-state index in [1.807, 2.05) is 44.2 Å². The number of hydrogen-bond acceptors (Lipinski definition) is 3. The number of aryl methyl sites for hydroxylation is 2. The third kappa shape index (κ3) is 4.66. The first kappa shape index (κ1) is 22.4. The molecule has 4 rings (SSSR count). The standard InChI is InChI=1S/C24H24Cl2N4O2/c1-13-10-14(2)30(29-13)15(3)23(31)28-22-9-8-16(11-21(22)26)27-24(32)19-12-18(19)17-6-4-5-7-20(17)25/h4-11,15,18-19H,12H2,1-3H3,(H,27,32)(H,28,31). The third-order valence-electron chi connectivity index (χ3n) is 5.72. The van der Waals surface area contributed by atoms with Gasteiger partial charge in [-0.1, -0.05) is 41.4 Å². The topological polar surface area (TPSA) is 76.0 Å². The van der Waals surface area contributed by atoms with Crippen molar-refractivity contribution in [1.29, 1.82) is 0 Å². The lowest BCUT2D eigenvalue weighted by atomic mass is 10.1. The van der Waals surface area contributed by atoms with Crippen LogP contribution in [0.25, 0.3) is 0 Å². The molecule has 1 saturated carbocycles. The highest BCUT2D eigenvalue weighted by Crippen LogP contribution is 2.50. The van der Waals surface area contributed by atoms with Crippen molar-refractivity contribution in [2.75, 3.05) is 10.6 Å². The van der Waals surface area contributed by atoms with E-state index in [4.69, 9.17) is 23.2 Å². The van der Waals surface area contributed by atoms with Crippen LogP contribution in [0.2, 0.25) is 10.0 Å². The molecule has 1 aliphatic rings. The summed E-state index contributed by atoms with van der Waals surface area (Å²) in [7, 11) is 0. The lowest BCUT2D eigenvalue weighted by Gasteiger charge is -2.16. The number of anilines is 2. The van der Waals surface area contributed by atoms with Crippen LogP contribution in [0.5, 0.6) is 0 Å². The Morgan fingerprint density at radius 2 is 1.81 bits per heavy atom. The average molecular weight is 471 g/mol. The molecule has 0 saturated heterocycles. The first-order valence-electron chi connectivity index (χ1n) is 10.4. The summed E-state index contributed by atoms with van der Waals surface area (Å²) in [5.41, 5.74) is 3.82. The van der Waals surface area contributed by atoms with Gasteiger partial charge in [-0.05, 0) is 69.0 Å². The molecule has 1 aliphatic carbocycles. The fourth-order valence-corrected chi connectivity index (χ4v) is 4.42. The zero-order chi connectivity index (χ0) is 23.0. The van der Waals surface area contributed by atoms with E-state index >= 15 is 0 Å². The van der Waals surface area contributed by atoms with Gasteiger partial charge in [-0.2, -0.15) is 5.10 Å². The van der Waals surface area contributed by atoms with E-state index in [9.17, 15) is 9.59 Å². The summed E-state index contributed by atoms with van der Waals surface area (Å²) in [6.07, 6.45) is 0.766. The van der Waals surface area contributed by atoms with E-state index in [2.05, 4.69) is 15.7 Å². The summed E-state index contributed by atoms with van der Waals surface area (Å²) in [6.45, 7) is 5.57. The summed E-state index contributed by atoms with van der Waals surface area (Å²) >= 11 is 12.6. The number of rotatable bonds is 6. The van der Waals surface area contributed by atoms with Crippen molar-refractivity contribution >= 4 is 46.4 Å². The number of nitrogens with one attached hydrogen (secondary N) is 2. The molecule has 3 unspecified atom stereocenters. The molecule has 3 atom stereocenters. The Balaban J connectivity index is 1.38. The second kappa shape index (κ2) is 8.96. The van der Waals surface area contributed by atoms with Crippen molar-refractivity contribution in [3.63, 3.8) is 0 Å². The molecular weight excluding hydrogens is 447 g/mol. The van der Waals surface area contributed by atoms with Gasteiger partial charge in [-0.3, -0.25) is 14.3 Å². The van der Waals surface area contributed by atoms with Gasteiger partial charge in [0.2, 0.25) is 11.8 Å². The molecule has 0 radical (unpaired) electrons. The van der Waals surface area contributed by atoms with E-state index in [0.717, 1.165) is 23.4 Å². The minimum atomic E-state index is -0.490. The molecule has 3 aromatic rings. The third-order valence-corrected chi connectivity index (χ3v) is 6.37. The van der Waals surface area contributed by atoms with Gasteiger partial charge in [-0.15, -0.1) is 0 Å². The van der Waals surface area contributed by atoms with Crippen LogP contribution in [-0.2, 0) is 9.59 Å². The van der Waals surface area contributed by atoms with Crippen LogP contribution < -0.4 is 10.6 Å². The maximum atomic E-state index is 12.7. The predicted molar refractivity (Wildman–Crippen MR) is 127 cm³/mol. The average Bonchev–Trinajstić information content (AvgIpc) is 3.47. The molecule has 1 aromatic heterocycles. The molecule has 0 aliphatic heterocycles. The van der Waals surface area contributed by atoms with Crippen LogP contribution in [-0.4, -0.2) is 21.6 Å². The van der Waals surface area contributed by atoms with Crippen LogP contribution in [0.3, 0.4) is 0 Å². The van der Waals surface area contributed by atoms with Gasteiger partial charge < -0.3 is 10.6 Å². The zero-order valence-electron chi connectivity index (χ0n) is 18.0. The lowest BCUT2D eigenvalue weighted by Crippen LogP contribution is -2.25. The zero-order valence-corrected chi connectivity index (χ0v) is 19.5. The molecule has 2 N–H and O–H groups in total. The maximum absolute atomic E-state index is 12.7. The van der Waals surface area contributed by atoms with Gasteiger partial charge in [0.15, 0.2) is 0 Å². The Morgan fingerprint density at radius 3 is 2.47 bits per heavy atom. The van der Waals surface area contributed by atoms with Crippen molar-refractivity contribution in [2.24, 2.45) is 5.92 Å². The molecule has 166 valence electrons. The first-order chi connectivity index (χ1) is 15.2. The summed E-state index contributed by atoms with van der Waals surface area (Å²) in [5.74, 6) is -0.278. The molecule has 2 amide bonds. The number of aromatic nitrogens is 2. The van der Waals surface area contributed by atoms with Gasteiger partial charge in [0.05, 0.1) is 16.4 Å². The molecule has 8 heteroatoms. The number of nitrogens with zero attached hydrogens (tertiary/aromatic N) is 2. The highest BCUT2D eigenvalue weighted by Gasteiger charge is 2.44. The van der Waals surface area contributed by atoms with E-state index in [0.29, 0.717) is 21.4 Å². The van der Waals surface area contributed by atoms with Crippen LogP contribution in [0.15, 0.2) is 48.5 Å². The van der Waals surface area contributed by atoms with Crippen LogP contribution >= 0.6 is 23.2 Å². The number of halogens is 2. The minimum Gasteiger partial charge on any atom is -0.326 e. The van der Waals surface area contributed by atoms with E-state index in [1.54, 1.807) is 29.8 Å². The second-order valence-electron chi connectivity index (χ2n) is 8.19. The van der Waals surface area contributed by atoms with Gasteiger partial charge >= 0.3 is 0 Å². The predicted octanol–water partition coefficient (Wildman–Crippen LogP) is 5.75. The first-order valence-corrected chi connectivity index (χ1v) is 11.2. The van der Waals surface area contributed by atoms with Crippen molar-refractivity contribution in [3.05, 3.63) is 75.5 Å². The number of amides is 2. The fraction of sp³-hybridized carbons (Fsp3) is 0.292. The minimum absolute atomic E-state index is 0.0686. The van der Waals surface area contributed by atoms with E-state index in [1.165, 1.54) is 0 Å². The molecule has 1 fully saturated rings. The summed E-state index contributed by atoms with van der Waals surface area (Å²) in [5, 5.41) is 11.1. The molecule has 0 spiro atoms. The molecule has 2 aromatic carbocycles. The summed E-state index contributed by atoms with van der Waals surface area (Å²) < 4.78 is 1.68. The molecule has 6 nitrogen and oxygen atoms in total. The highest BCUT2D eigenvalue weighted by molar-refractivity contribution is 6.34. The smallest absolute Gasteiger partial charge is 0.248 e. The van der Waals surface area contributed by atoms with E-state index in [-0.39, 0.29) is 23.7 Å². The Kier molecular flexibility index (Phi) is 6.26. The Labute approximate surface area is 196 Å². The van der Waals surface area contributed by atoms with Gasteiger partial charge in [-0.25, -0.2) is 0 Å². The molecule has 0 bridgehead atoms. The fourth-order valence-electron chi connectivity index (χ4n) is 3.92. The second-order valence-corrected chi connectivity index (χ2v) is 9.01. The SMILES string of the molecule is Cc1cc(C)n(C(C)C(=O)Nc2ccc(NC(=O)C3CC3c3ccccc3Cl)cc2Cl)n1. The van der Waals surface area contributed by atoms with Crippen LogP contribution in [0.1, 0.15) is 42.3 Å². The Morgan fingerprint density at radius 1 is 1.06 bits per heavy atom. The molecule has 32 heavy (non-hydrogen) atoms. The van der Waals surface area contributed by atoms with E-state index < -0.39 is 6.04 Å². The number of hydrogen-bond donors (Lipinski definition) is 2. The van der Waals surface area contributed by atoms with Crippen molar-refractivity contribution in [1.82, 2.24) is 9.78 Å². The summed E-state index contributed by atoms with van der Waals surface area (Å²) in [6, 6.07) is 14.1. The van der Waals surface area contributed by atoms with Crippen LogP contribution in [0, 0.1) is 19.8 Å². The molecular formula is C24H24Cl2N4O2. The normalized spacial score (nSPS) is 18.2. The number of carbonyl (C=O) groups excluding carboxylic acids is 2. The quantitative estimate of drug-likeness (QED) is 0.481. The Bertz CT molecular complexity index is 1190. The monoisotopic (exact) mass is 470 g/mol.